The number of Topliss-reactive ketones (excluding diaryl/α,β-unsaturated/α-hetero) is 1. The van der Waals surface area contributed by atoms with Crippen LogP contribution >= 0.6 is 24.8 Å². The van der Waals surface area contributed by atoms with Crippen molar-refractivity contribution in [1.29, 1.82) is 0 Å². The van der Waals surface area contributed by atoms with Crippen molar-refractivity contribution in [3.63, 3.8) is 0 Å². The summed E-state index contributed by atoms with van der Waals surface area (Å²) in [7, 11) is 0. The zero-order valence-electron chi connectivity index (χ0n) is 10.7. The van der Waals surface area contributed by atoms with Gasteiger partial charge in [-0.2, -0.15) is 12.6 Å². The highest BCUT2D eigenvalue weighted by Crippen LogP contribution is 2.19. The van der Waals surface area contributed by atoms with Gasteiger partial charge in [-0.25, -0.2) is 0 Å². The van der Waals surface area contributed by atoms with Crippen LogP contribution in [0.5, 0.6) is 0 Å². The fourth-order valence-corrected chi connectivity index (χ4v) is 2.25. The van der Waals surface area contributed by atoms with Gasteiger partial charge in [0.1, 0.15) is 0 Å². The second-order valence-corrected chi connectivity index (χ2v) is 5.40. The first kappa shape index (κ1) is 15.2. The number of benzene rings is 1. The molecular weight excluding hydrogens is 262 g/mol. The molecule has 0 aliphatic carbocycles. The highest BCUT2D eigenvalue weighted by molar-refractivity contribution is 7.80. The van der Waals surface area contributed by atoms with Gasteiger partial charge in [-0.3, -0.25) is 4.79 Å². The van der Waals surface area contributed by atoms with Gasteiger partial charge in [0.25, 0.3) is 0 Å². The molecule has 1 aromatic rings. The van der Waals surface area contributed by atoms with Crippen LogP contribution in [-0.2, 0) is 4.79 Å². The summed E-state index contributed by atoms with van der Waals surface area (Å²) in [6.45, 7) is 3.84. The first-order valence-corrected chi connectivity index (χ1v) is 7.04. The highest BCUT2D eigenvalue weighted by atomic mass is 32.1. The second kappa shape index (κ2) is 7.54. The molecule has 0 saturated carbocycles. The molecule has 0 fully saturated rings. The van der Waals surface area contributed by atoms with Gasteiger partial charge in [-0.1, -0.05) is 49.5 Å². The maximum Gasteiger partial charge on any atom is 0.156 e. The van der Waals surface area contributed by atoms with Crippen molar-refractivity contribution in [2.75, 3.05) is 5.75 Å². The number of nitrogens with one attached hydrogen (secondary N) is 1. The van der Waals surface area contributed by atoms with Crippen LogP contribution in [0, 0.1) is 0 Å². The molecule has 0 aliphatic heterocycles. The molecule has 1 aromatic carbocycles. The van der Waals surface area contributed by atoms with Crippen LogP contribution in [0.4, 0.5) is 0 Å². The first-order chi connectivity index (χ1) is 8.54. The largest absolute Gasteiger partial charge is 0.369 e. The molecule has 2 atom stereocenters. The van der Waals surface area contributed by atoms with E-state index in [1.54, 1.807) is 6.92 Å². The Kier molecular flexibility index (Phi) is 6.36. The number of ketones is 1. The van der Waals surface area contributed by atoms with Crippen molar-refractivity contribution in [3.05, 3.63) is 35.9 Å². The summed E-state index contributed by atoms with van der Waals surface area (Å²) in [5.41, 5.74) is 1.18. The summed E-state index contributed by atoms with van der Waals surface area (Å²) < 4.78 is 0. The van der Waals surface area contributed by atoms with E-state index in [9.17, 15) is 4.79 Å². The Morgan fingerprint density at radius 2 is 2.00 bits per heavy atom. The quantitative estimate of drug-likeness (QED) is 0.620. The highest BCUT2D eigenvalue weighted by Gasteiger charge is 2.19. The minimum absolute atomic E-state index is 0.158. The molecule has 98 valence electrons. The third-order valence-electron chi connectivity index (χ3n) is 2.82. The van der Waals surface area contributed by atoms with Crippen molar-refractivity contribution < 1.29 is 4.79 Å². The van der Waals surface area contributed by atoms with Crippen LogP contribution in [0.1, 0.15) is 31.7 Å². The third kappa shape index (κ3) is 4.78. The summed E-state index contributed by atoms with van der Waals surface area (Å²) in [5.74, 6) is 0.841. The Hall–Kier alpha value is -0.870. The van der Waals surface area contributed by atoms with Crippen LogP contribution in [0.2, 0.25) is 0 Å². The summed E-state index contributed by atoms with van der Waals surface area (Å²) in [5, 5.41) is 2.99. The molecule has 1 N–H and O–H groups in total. The maximum absolute atomic E-state index is 12.1. The van der Waals surface area contributed by atoms with E-state index >= 15 is 0 Å². The lowest BCUT2D eigenvalue weighted by Gasteiger charge is -2.18. The van der Waals surface area contributed by atoms with E-state index in [4.69, 9.17) is 12.2 Å². The molecule has 18 heavy (non-hydrogen) atoms. The first-order valence-electron chi connectivity index (χ1n) is 6.00. The Morgan fingerprint density at radius 1 is 1.39 bits per heavy atom. The molecule has 0 saturated heterocycles. The number of thiocarbonyl (C=S) groups is 1. The lowest BCUT2D eigenvalue weighted by molar-refractivity contribution is -0.120. The van der Waals surface area contributed by atoms with E-state index in [0.29, 0.717) is 17.2 Å². The Morgan fingerprint density at radius 3 is 2.50 bits per heavy atom. The zero-order chi connectivity index (χ0) is 13.5. The fourth-order valence-electron chi connectivity index (χ4n) is 1.82. The molecule has 4 heteroatoms. The standard InChI is InChI=1S/C14H19NOS2/c1-10(12-6-4-3-5-7-12)8-14(16)13(9-17)15-11(2)18/h3-7,10,13,17H,8-9H2,1-2H3,(H,15,18). The van der Waals surface area contributed by atoms with Crippen molar-refractivity contribution in [3.8, 4) is 0 Å². The van der Waals surface area contributed by atoms with Gasteiger partial charge in [-0.15, -0.1) is 0 Å². The van der Waals surface area contributed by atoms with Crippen LogP contribution in [0.15, 0.2) is 30.3 Å². The number of hydrogen-bond donors (Lipinski definition) is 2. The normalized spacial score (nSPS) is 13.7. The summed E-state index contributed by atoms with van der Waals surface area (Å²) in [4.78, 5) is 12.8. The fraction of sp³-hybridized carbons (Fsp3) is 0.429. The summed E-state index contributed by atoms with van der Waals surface area (Å²) in [6, 6.07) is 9.78. The number of hydrogen-bond acceptors (Lipinski definition) is 3. The summed E-state index contributed by atoms with van der Waals surface area (Å²) in [6.07, 6.45) is 0.505. The van der Waals surface area contributed by atoms with Crippen molar-refractivity contribution >= 4 is 35.6 Å². The Bertz CT molecular complexity index is 406. The molecule has 0 radical (unpaired) electrons. The Labute approximate surface area is 120 Å². The monoisotopic (exact) mass is 281 g/mol. The Balaban J connectivity index is 2.60. The lowest BCUT2D eigenvalue weighted by atomic mass is 9.94. The third-order valence-corrected chi connectivity index (χ3v) is 3.31. The molecule has 0 bridgehead atoms. The SMILES string of the molecule is CC(=S)NC(CS)C(=O)CC(C)c1ccccc1. The van der Waals surface area contributed by atoms with Crippen molar-refractivity contribution in [1.82, 2.24) is 5.32 Å². The average Bonchev–Trinajstić information content (AvgIpc) is 2.36. The summed E-state index contributed by atoms with van der Waals surface area (Å²) >= 11 is 9.16. The van der Waals surface area contributed by atoms with Gasteiger partial charge in [0.2, 0.25) is 0 Å². The van der Waals surface area contributed by atoms with Crippen LogP contribution in [0.25, 0.3) is 0 Å². The van der Waals surface area contributed by atoms with Crippen LogP contribution < -0.4 is 5.32 Å². The predicted octanol–water partition coefficient (Wildman–Crippen LogP) is 2.98. The molecule has 0 amide bonds. The smallest absolute Gasteiger partial charge is 0.156 e. The number of thiol groups is 1. The van der Waals surface area contributed by atoms with Crippen molar-refractivity contribution in [2.24, 2.45) is 0 Å². The molecule has 0 spiro atoms. The van der Waals surface area contributed by atoms with E-state index in [-0.39, 0.29) is 17.7 Å². The van der Waals surface area contributed by atoms with E-state index in [2.05, 4.69) is 24.9 Å². The van der Waals surface area contributed by atoms with E-state index < -0.39 is 0 Å². The minimum atomic E-state index is -0.281. The van der Waals surface area contributed by atoms with Gasteiger partial charge in [-0.05, 0) is 18.4 Å². The maximum atomic E-state index is 12.1. The number of carbonyl (C=O) groups excluding carboxylic acids is 1. The average molecular weight is 281 g/mol. The zero-order valence-corrected chi connectivity index (χ0v) is 12.4. The molecule has 2 nitrogen and oxygen atoms in total. The van der Waals surface area contributed by atoms with Gasteiger partial charge in [0, 0.05) is 12.2 Å². The van der Waals surface area contributed by atoms with Gasteiger partial charge < -0.3 is 5.32 Å². The van der Waals surface area contributed by atoms with E-state index in [0.717, 1.165) is 0 Å². The lowest BCUT2D eigenvalue weighted by Crippen LogP contribution is -2.40. The van der Waals surface area contributed by atoms with Crippen LogP contribution in [-0.4, -0.2) is 22.6 Å². The number of rotatable bonds is 6. The van der Waals surface area contributed by atoms with Crippen LogP contribution in [0.3, 0.4) is 0 Å². The molecular formula is C14H19NOS2. The molecule has 1 rings (SSSR count). The minimum Gasteiger partial charge on any atom is -0.369 e. The van der Waals surface area contributed by atoms with Gasteiger partial charge in [0.15, 0.2) is 5.78 Å². The van der Waals surface area contributed by atoms with Gasteiger partial charge in [0.05, 0.1) is 11.0 Å². The topological polar surface area (TPSA) is 29.1 Å². The van der Waals surface area contributed by atoms with E-state index in [1.165, 1.54) is 5.56 Å². The second-order valence-electron chi connectivity index (χ2n) is 4.42. The predicted molar refractivity (Wildman–Crippen MR) is 83.5 cm³/mol. The van der Waals surface area contributed by atoms with E-state index in [1.807, 2.05) is 30.3 Å². The molecule has 0 heterocycles. The molecule has 2 unspecified atom stereocenters. The number of carbonyl (C=O) groups is 1. The van der Waals surface area contributed by atoms with Crippen molar-refractivity contribution in [2.45, 2.75) is 32.2 Å². The molecule has 0 aliphatic rings. The van der Waals surface area contributed by atoms with Gasteiger partial charge >= 0.3 is 0 Å². The molecule has 0 aromatic heterocycles.